The van der Waals surface area contributed by atoms with Crippen LogP contribution in [0.15, 0.2) is 18.2 Å². The van der Waals surface area contributed by atoms with Crippen molar-refractivity contribution in [3.63, 3.8) is 0 Å². The van der Waals surface area contributed by atoms with E-state index in [0.29, 0.717) is 6.04 Å². The monoisotopic (exact) mass is 235 g/mol. The van der Waals surface area contributed by atoms with Crippen LogP contribution < -0.4 is 10.1 Å². The van der Waals surface area contributed by atoms with Crippen molar-refractivity contribution in [1.82, 2.24) is 5.32 Å². The van der Waals surface area contributed by atoms with Crippen LogP contribution in [0.1, 0.15) is 45.7 Å². The number of methoxy groups -OCH3 is 1. The Bertz CT molecular complexity index is 364. The third kappa shape index (κ3) is 4.04. The Morgan fingerprint density at radius 3 is 2.35 bits per heavy atom. The van der Waals surface area contributed by atoms with Gasteiger partial charge in [-0.25, -0.2) is 0 Å². The SMILES string of the molecule is COc1ccc(C(C)(C)C)cc1CNC(C)C. The number of nitrogens with one attached hydrogen (secondary N) is 1. The quantitative estimate of drug-likeness (QED) is 0.862. The van der Waals surface area contributed by atoms with E-state index in [0.717, 1.165) is 12.3 Å². The molecule has 0 radical (unpaired) electrons. The van der Waals surface area contributed by atoms with Gasteiger partial charge in [0.2, 0.25) is 0 Å². The van der Waals surface area contributed by atoms with Crippen molar-refractivity contribution in [3.05, 3.63) is 29.3 Å². The van der Waals surface area contributed by atoms with E-state index in [4.69, 9.17) is 4.74 Å². The Hall–Kier alpha value is -1.02. The molecule has 1 N–H and O–H groups in total. The van der Waals surface area contributed by atoms with Crippen molar-refractivity contribution in [1.29, 1.82) is 0 Å². The zero-order valence-corrected chi connectivity index (χ0v) is 11.9. The minimum atomic E-state index is 0.179. The molecule has 0 atom stereocenters. The Balaban J connectivity index is 2.98. The molecule has 0 heterocycles. The Kier molecular flexibility index (Phi) is 4.58. The van der Waals surface area contributed by atoms with Crippen molar-refractivity contribution in [2.75, 3.05) is 7.11 Å². The highest BCUT2D eigenvalue weighted by Gasteiger charge is 2.15. The van der Waals surface area contributed by atoms with Gasteiger partial charge >= 0.3 is 0 Å². The van der Waals surface area contributed by atoms with Crippen LogP contribution >= 0.6 is 0 Å². The van der Waals surface area contributed by atoms with E-state index in [9.17, 15) is 0 Å². The third-order valence-electron chi connectivity index (χ3n) is 2.85. The van der Waals surface area contributed by atoms with Crippen molar-refractivity contribution in [2.24, 2.45) is 0 Å². The summed E-state index contributed by atoms with van der Waals surface area (Å²) in [6.07, 6.45) is 0. The molecule has 0 aliphatic rings. The average Bonchev–Trinajstić information content (AvgIpc) is 2.24. The van der Waals surface area contributed by atoms with Gasteiger partial charge in [-0.1, -0.05) is 46.8 Å². The summed E-state index contributed by atoms with van der Waals surface area (Å²) < 4.78 is 5.41. The minimum absolute atomic E-state index is 0.179. The lowest BCUT2D eigenvalue weighted by atomic mass is 9.86. The molecular weight excluding hydrogens is 210 g/mol. The minimum Gasteiger partial charge on any atom is -0.496 e. The van der Waals surface area contributed by atoms with Crippen molar-refractivity contribution < 1.29 is 4.74 Å². The maximum atomic E-state index is 5.41. The summed E-state index contributed by atoms with van der Waals surface area (Å²) in [5.74, 6) is 0.964. The van der Waals surface area contributed by atoms with Gasteiger partial charge in [0.25, 0.3) is 0 Å². The van der Waals surface area contributed by atoms with Gasteiger partial charge in [0.05, 0.1) is 7.11 Å². The van der Waals surface area contributed by atoms with Crippen molar-refractivity contribution >= 4 is 0 Å². The van der Waals surface area contributed by atoms with Gasteiger partial charge in [0, 0.05) is 18.2 Å². The molecule has 0 unspecified atom stereocenters. The molecule has 2 nitrogen and oxygen atoms in total. The molecule has 1 aromatic carbocycles. The van der Waals surface area contributed by atoms with Crippen LogP contribution in [0.3, 0.4) is 0 Å². The number of ether oxygens (including phenoxy) is 1. The van der Waals surface area contributed by atoms with Gasteiger partial charge in [-0.05, 0) is 17.0 Å². The summed E-state index contributed by atoms with van der Waals surface area (Å²) in [4.78, 5) is 0. The first kappa shape index (κ1) is 14.0. The van der Waals surface area contributed by atoms with E-state index >= 15 is 0 Å². The lowest BCUT2D eigenvalue weighted by Gasteiger charge is -2.21. The fourth-order valence-electron chi connectivity index (χ4n) is 1.70. The molecule has 2 heteroatoms. The third-order valence-corrected chi connectivity index (χ3v) is 2.85. The van der Waals surface area contributed by atoms with Crippen LogP contribution in [-0.4, -0.2) is 13.2 Å². The Morgan fingerprint density at radius 2 is 1.88 bits per heavy atom. The van der Waals surface area contributed by atoms with Gasteiger partial charge in [-0.15, -0.1) is 0 Å². The number of benzene rings is 1. The largest absolute Gasteiger partial charge is 0.496 e. The van der Waals surface area contributed by atoms with Crippen LogP contribution in [-0.2, 0) is 12.0 Å². The maximum Gasteiger partial charge on any atom is 0.123 e. The highest BCUT2D eigenvalue weighted by Crippen LogP contribution is 2.27. The fourth-order valence-corrected chi connectivity index (χ4v) is 1.70. The van der Waals surface area contributed by atoms with E-state index in [1.807, 2.05) is 0 Å². The molecule has 0 fully saturated rings. The molecule has 96 valence electrons. The summed E-state index contributed by atoms with van der Waals surface area (Å²) in [6.45, 7) is 11.8. The van der Waals surface area contributed by atoms with Crippen LogP contribution in [0.2, 0.25) is 0 Å². The first-order valence-corrected chi connectivity index (χ1v) is 6.25. The predicted octanol–water partition coefficient (Wildman–Crippen LogP) is 3.49. The molecule has 1 aromatic rings. The van der Waals surface area contributed by atoms with Gasteiger partial charge in [0.15, 0.2) is 0 Å². The average molecular weight is 235 g/mol. The molecular formula is C15H25NO. The van der Waals surface area contributed by atoms with Crippen LogP contribution in [0.5, 0.6) is 5.75 Å². The van der Waals surface area contributed by atoms with E-state index in [1.54, 1.807) is 7.11 Å². The van der Waals surface area contributed by atoms with Crippen LogP contribution in [0.4, 0.5) is 0 Å². The molecule has 0 spiro atoms. The second kappa shape index (κ2) is 5.54. The fraction of sp³-hybridized carbons (Fsp3) is 0.600. The zero-order valence-electron chi connectivity index (χ0n) is 11.9. The highest BCUT2D eigenvalue weighted by atomic mass is 16.5. The van der Waals surface area contributed by atoms with Crippen LogP contribution in [0, 0.1) is 0 Å². The van der Waals surface area contributed by atoms with Gasteiger partial charge in [0.1, 0.15) is 5.75 Å². The smallest absolute Gasteiger partial charge is 0.123 e. The lowest BCUT2D eigenvalue weighted by Crippen LogP contribution is -2.22. The van der Waals surface area contributed by atoms with Gasteiger partial charge < -0.3 is 10.1 Å². The number of hydrogen-bond donors (Lipinski definition) is 1. The normalized spacial score (nSPS) is 11.9. The second-order valence-corrected chi connectivity index (χ2v) is 5.81. The number of hydrogen-bond acceptors (Lipinski definition) is 2. The molecule has 0 saturated carbocycles. The molecule has 1 rings (SSSR count). The van der Waals surface area contributed by atoms with Gasteiger partial charge in [-0.2, -0.15) is 0 Å². The van der Waals surface area contributed by atoms with Crippen molar-refractivity contribution in [3.8, 4) is 5.75 Å². The van der Waals surface area contributed by atoms with Gasteiger partial charge in [-0.3, -0.25) is 0 Å². The molecule has 0 amide bonds. The number of rotatable bonds is 4. The second-order valence-electron chi connectivity index (χ2n) is 5.81. The maximum absolute atomic E-state index is 5.41. The Labute approximate surface area is 105 Å². The van der Waals surface area contributed by atoms with E-state index in [-0.39, 0.29) is 5.41 Å². The van der Waals surface area contributed by atoms with E-state index in [1.165, 1.54) is 11.1 Å². The molecule has 0 saturated heterocycles. The highest BCUT2D eigenvalue weighted by molar-refractivity contribution is 5.39. The summed E-state index contributed by atoms with van der Waals surface area (Å²) in [5.41, 5.74) is 2.76. The summed E-state index contributed by atoms with van der Waals surface area (Å²) in [5, 5.41) is 3.44. The standard InChI is InChI=1S/C15H25NO/c1-11(2)16-10-12-9-13(15(3,4)5)7-8-14(12)17-6/h7-9,11,16H,10H2,1-6H3. The van der Waals surface area contributed by atoms with E-state index in [2.05, 4.69) is 58.1 Å². The van der Waals surface area contributed by atoms with E-state index < -0.39 is 0 Å². The molecule has 0 bridgehead atoms. The summed E-state index contributed by atoms with van der Waals surface area (Å²) in [6, 6.07) is 6.95. The Morgan fingerprint density at radius 1 is 1.24 bits per heavy atom. The van der Waals surface area contributed by atoms with Crippen molar-refractivity contribution in [2.45, 2.75) is 52.6 Å². The molecule has 0 aliphatic heterocycles. The first-order valence-electron chi connectivity index (χ1n) is 6.25. The zero-order chi connectivity index (χ0) is 13.1. The first-order chi connectivity index (χ1) is 7.84. The summed E-state index contributed by atoms with van der Waals surface area (Å²) >= 11 is 0. The predicted molar refractivity (Wildman–Crippen MR) is 73.7 cm³/mol. The molecule has 0 aromatic heterocycles. The molecule has 17 heavy (non-hydrogen) atoms. The lowest BCUT2D eigenvalue weighted by molar-refractivity contribution is 0.405. The topological polar surface area (TPSA) is 21.3 Å². The molecule has 0 aliphatic carbocycles. The van der Waals surface area contributed by atoms with Crippen LogP contribution in [0.25, 0.3) is 0 Å². The summed E-state index contributed by atoms with van der Waals surface area (Å²) in [7, 11) is 1.73.